The van der Waals surface area contributed by atoms with Crippen molar-refractivity contribution in [3.05, 3.63) is 82.5 Å². The number of hydrogen-bond acceptors (Lipinski definition) is 4. The van der Waals surface area contributed by atoms with E-state index in [-0.39, 0.29) is 5.91 Å². The molecule has 0 aliphatic heterocycles. The van der Waals surface area contributed by atoms with Crippen LogP contribution < -0.4 is 15.4 Å². The van der Waals surface area contributed by atoms with Gasteiger partial charge in [0.1, 0.15) is 11.6 Å². The lowest BCUT2D eigenvalue weighted by molar-refractivity contribution is 0.0951. The van der Waals surface area contributed by atoms with E-state index in [9.17, 15) is 4.79 Å². The maximum atomic E-state index is 12.5. The van der Waals surface area contributed by atoms with Crippen LogP contribution in [0.25, 0.3) is 0 Å². The summed E-state index contributed by atoms with van der Waals surface area (Å²) in [5.74, 6) is 0.994. The maximum absolute atomic E-state index is 12.5. The zero-order chi connectivity index (χ0) is 19.2. The van der Waals surface area contributed by atoms with Gasteiger partial charge >= 0.3 is 0 Å². The van der Waals surface area contributed by atoms with Crippen LogP contribution in [-0.2, 0) is 6.54 Å². The van der Waals surface area contributed by atoms with Crippen molar-refractivity contribution in [2.45, 2.75) is 13.5 Å². The summed E-state index contributed by atoms with van der Waals surface area (Å²) >= 11 is 6.05. The van der Waals surface area contributed by atoms with E-state index in [1.54, 1.807) is 43.6 Å². The van der Waals surface area contributed by atoms with Crippen molar-refractivity contribution >= 4 is 29.0 Å². The highest BCUT2D eigenvalue weighted by Crippen LogP contribution is 2.30. The van der Waals surface area contributed by atoms with E-state index in [2.05, 4.69) is 15.6 Å². The summed E-state index contributed by atoms with van der Waals surface area (Å²) in [5, 5.41) is 6.63. The van der Waals surface area contributed by atoms with Crippen LogP contribution in [0.1, 0.15) is 21.5 Å². The van der Waals surface area contributed by atoms with Crippen LogP contribution in [-0.4, -0.2) is 18.0 Å². The summed E-state index contributed by atoms with van der Waals surface area (Å²) in [5.41, 5.74) is 3.42. The molecule has 3 aromatic rings. The Hall–Kier alpha value is -3.05. The first-order valence-corrected chi connectivity index (χ1v) is 8.83. The second-order valence-corrected chi connectivity index (χ2v) is 6.50. The van der Waals surface area contributed by atoms with Crippen LogP contribution in [0.4, 0.5) is 11.5 Å². The highest BCUT2D eigenvalue weighted by atomic mass is 35.5. The van der Waals surface area contributed by atoms with Gasteiger partial charge < -0.3 is 15.4 Å². The van der Waals surface area contributed by atoms with Crippen LogP contribution >= 0.6 is 11.6 Å². The molecule has 2 N–H and O–H groups in total. The highest BCUT2D eigenvalue weighted by molar-refractivity contribution is 6.31. The molecular formula is C21H20ClN3O2. The van der Waals surface area contributed by atoms with E-state index in [1.165, 1.54) is 5.56 Å². The molecule has 27 heavy (non-hydrogen) atoms. The number of benzene rings is 2. The number of ether oxygens (including phenoxy) is 1. The van der Waals surface area contributed by atoms with Gasteiger partial charge in [-0.3, -0.25) is 4.79 Å². The standard InChI is InChI=1S/C21H20ClN3O2/c1-14-3-5-15(6-4-14)13-24-21(26)16-9-10-23-20(11-16)25-18-12-17(22)7-8-19(18)27-2/h3-12H,13H2,1-2H3,(H,23,25)(H,24,26). The van der Waals surface area contributed by atoms with Crippen molar-refractivity contribution in [3.8, 4) is 5.75 Å². The summed E-state index contributed by atoms with van der Waals surface area (Å²) in [6, 6.07) is 16.7. The molecule has 0 aliphatic carbocycles. The van der Waals surface area contributed by atoms with E-state index in [4.69, 9.17) is 16.3 Å². The number of anilines is 2. The van der Waals surface area contributed by atoms with Gasteiger partial charge in [-0.1, -0.05) is 41.4 Å². The molecule has 1 aromatic heterocycles. The summed E-state index contributed by atoms with van der Waals surface area (Å²) in [6.07, 6.45) is 1.58. The molecule has 5 nitrogen and oxygen atoms in total. The number of nitrogens with one attached hydrogen (secondary N) is 2. The Morgan fingerprint density at radius 2 is 1.89 bits per heavy atom. The number of aromatic nitrogens is 1. The molecule has 0 aliphatic rings. The molecule has 0 radical (unpaired) electrons. The number of aryl methyl sites for hydroxylation is 1. The summed E-state index contributed by atoms with van der Waals surface area (Å²) in [7, 11) is 1.58. The number of carbonyl (C=O) groups is 1. The van der Waals surface area contributed by atoms with Crippen molar-refractivity contribution < 1.29 is 9.53 Å². The number of nitrogens with zero attached hydrogens (tertiary/aromatic N) is 1. The van der Waals surface area contributed by atoms with E-state index in [0.29, 0.717) is 34.4 Å². The number of methoxy groups -OCH3 is 1. The molecule has 2 aromatic carbocycles. The lowest BCUT2D eigenvalue weighted by Gasteiger charge is -2.12. The SMILES string of the molecule is COc1ccc(Cl)cc1Nc1cc(C(=O)NCc2ccc(C)cc2)ccn1. The fourth-order valence-electron chi connectivity index (χ4n) is 2.55. The van der Waals surface area contributed by atoms with Gasteiger partial charge in [-0.05, 0) is 42.8 Å². The Morgan fingerprint density at radius 1 is 1.11 bits per heavy atom. The fraction of sp³-hybridized carbons (Fsp3) is 0.143. The van der Waals surface area contributed by atoms with E-state index >= 15 is 0 Å². The van der Waals surface area contributed by atoms with Crippen molar-refractivity contribution in [3.63, 3.8) is 0 Å². The molecule has 0 spiro atoms. The van der Waals surface area contributed by atoms with Crippen LogP contribution in [0.2, 0.25) is 5.02 Å². The first-order chi connectivity index (χ1) is 13.0. The highest BCUT2D eigenvalue weighted by Gasteiger charge is 2.09. The molecule has 0 atom stereocenters. The van der Waals surface area contributed by atoms with Gasteiger partial charge in [0.05, 0.1) is 12.8 Å². The Labute approximate surface area is 163 Å². The molecule has 0 bridgehead atoms. The average Bonchev–Trinajstić information content (AvgIpc) is 2.68. The smallest absolute Gasteiger partial charge is 0.251 e. The predicted octanol–water partition coefficient (Wildman–Crippen LogP) is 4.73. The number of rotatable bonds is 6. The van der Waals surface area contributed by atoms with E-state index < -0.39 is 0 Å². The first kappa shape index (κ1) is 18.7. The molecule has 0 fully saturated rings. The Balaban J connectivity index is 1.70. The molecule has 138 valence electrons. The van der Waals surface area contributed by atoms with Crippen LogP contribution in [0, 0.1) is 6.92 Å². The lowest BCUT2D eigenvalue weighted by atomic mass is 10.1. The van der Waals surface area contributed by atoms with Gasteiger partial charge in [0, 0.05) is 23.3 Å². The second-order valence-electron chi connectivity index (χ2n) is 6.07. The average molecular weight is 382 g/mol. The number of hydrogen-bond donors (Lipinski definition) is 2. The number of amides is 1. The van der Waals surface area contributed by atoms with Crippen LogP contribution in [0.5, 0.6) is 5.75 Å². The minimum absolute atomic E-state index is 0.168. The van der Waals surface area contributed by atoms with Gasteiger partial charge in [-0.15, -0.1) is 0 Å². The van der Waals surface area contributed by atoms with E-state index in [1.807, 2.05) is 31.2 Å². The van der Waals surface area contributed by atoms with Crippen LogP contribution in [0.15, 0.2) is 60.8 Å². The third kappa shape index (κ3) is 4.99. The molecule has 3 rings (SSSR count). The minimum atomic E-state index is -0.168. The normalized spacial score (nSPS) is 10.3. The zero-order valence-corrected chi connectivity index (χ0v) is 15.9. The number of halogens is 1. The fourth-order valence-corrected chi connectivity index (χ4v) is 2.72. The molecule has 6 heteroatoms. The summed E-state index contributed by atoms with van der Waals surface area (Å²) < 4.78 is 5.32. The molecular weight excluding hydrogens is 362 g/mol. The predicted molar refractivity (Wildman–Crippen MR) is 108 cm³/mol. The quantitative estimate of drug-likeness (QED) is 0.648. The third-order valence-corrected chi connectivity index (χ3v) is 4.26. The molecule has 1 heterocycles. The Bertz CT molecular complexity index is 942. The largest absolute Gasteiger partial charge is 0.495 e. The molecule has 1 amide bonds. The van der Waals surface area contributed by atoms with Crippen molar-refractivity contribution in [1.29, 1.82) is 0 Å². The molecule has 0 unspecified atom stereocenters. The molecule has 0 saturated heterocycles. The first-order valence-electron chi connectivity index (χ1n) is 8.45. The van der Waals surface area contributed by atoms with Crippen molar-refractivity contribution in [2.75, 3.05) is 12.4 Å². The summed E-state index contributed by atoms with van der Waals surface area (Å²) in [4.78, 5) is 16.7. The van der Waals surface area contributed by atoms with Gasteiger partial charge in [-0.2, -0.15) is 0 Å². The van der Waals surface area contributed by atoms with Gasteiger partial charge in [0.2, 0.25) is 0 Å². The molecule has 0 saturated carbocycles. The number of carbonyl (C=O) groups excluding carboxylic acids is 1. The number of pyridine rings is 1. The van der Waals surface area contributed by atoms with E-state index in [0.717, 1.165) is 5.56 Å². The van der Waals surface area contributed by atoms with Gasteiger partial charge in [0.25, 0.3) is 5.91 Å². The van der Waals surface area contributed by atoms with Gasteiger partial charge in [-0.25, -0.2) is 4.98 Å². The van der Waals surface area contributed by atoms with Crippen molar-refractivity contribution in [2.24, 2.45) is 0 Å². The third-order valence-electron chi connectivity index (χ3n) is 4.02. The van der Waals surface area contributed by atoms with Crippen LogP contribution in [0.3, 0.4) is 0 Å². The van der Waals surface area contributed by atoms with Gasteiger partial charge in [0.15, 0.2) is 0 Å². The minimum Gasteiger partial charge on any atom is -0.495 e. The topological polar surface area (TPSA) is 63.2 Å². The zero-order valence-electron chi connectivity index (χ0n) is 15.1. The Morgan fingerprint density at radius 3 is 2.63 bits per heavy atom. The Kier molecular flexibility index (Phi) is 5.94. The van der Waals surface area contributed by atoms with Crippen molar-refractivity contribution in [1.82, 2.24) is 10.3 Å². The second kappa shape index (κ2) is 8.56. The monoisotopic (exact) mass is 381 g/mol. The summed E-state index contributed by atoms with van der Waals surface area (Å²) in [6.45, 7) is 2.50. The lowest BCUT2D eigenvalue weighted by Crippen LogP contribution is -2.22. The maximum Gasteiger partial charge on any atom is 0.251 e.